The normalized spacial score (nSPS) is 16.2. The molecule has 0 unspecified atom stereocenters. The number of para-hydroxylation sites is 1. The van der Waals surface area contributed by atoms with Crippen LogP contribution in [0.5, 0.6) is 0 Å². The maximum absolute atomic E-state index is 9.99. The molecule has 0 saturated carbocycles. The number of benzene rings is 8. The highest BCUT2D eigenvalue weighted by Crippen LogP contribution is 2.49. The minimum absolute atomic E-state index is 0.166. The predicted octanol–water partition coefficient (Wildman–Crippen LogP) is 15.6. The summed E-state index contributed by atoms with van der Waals surface area (Å²) in [5, 5.41) is -0.682. The van der Waals surface area contributed by atoms with Crippen molar-refractivity contribution in [1.29, 1.82) is 0 Å². The minimum Gasteiger partial charge on any atom is -0.311 e. The molecule has 0 fully saturated rings. The molecule has 0 bridgehead atoms. The van der Waals surface area contributed by atoms with Crippen LogP contribution in [0.15, 0.2) is 170 Å². The molecule has 0 amide bonds. The zero-order valence-electron chi connectivity index (χ0n) is 52.2. The Morgan fingerprint density at radius 3 is 1.27 bits per heavy atom. The summed E-state index contributed by atoms with van der Waals surface area (Å²) in [7, 11) is 0. The van der Waals surface area contributed by atoms with Crippen molar-refractivity contribution in [1.82, 2.24) is 0 Å². The topological polar surface area (TPSA) is 9.72 Å². The first-order valence-corrected chi connectivity index (χ1v) is 22.9. The van der Waals surface area contributed by atoms with E-state index in [4.69, 9.17) is 9.60 Å². The van der Waals surface area contributed by atoms with Crippen molar-refractivity contribution in [3.8, 4) is 0 Å². The van der Waals surface area contributed by atoms with Gasteiger partial charge in [-0.05, 0) is 144 Å². The third-order valence-electron chi connectivity index (χ3n) is 13.2. The van der Waals surface area contributed by atoms with E-state index in [9.17, 15) is 6.85 Å². The van der Waals surface area contributed by atoms with Gasteiger partial charge in [0.25, 0.3) is 6.71 Å². The quantitative estimate of drug-likeness (QED) is 0.160. The lowest BCUT2D eigenvalue weighted by atomic mass is 9.33. The molecule has 0 radical (unpaired) electrons. The van der Waals surface area contributed by atoms with Crippen molar-refractivity contribution < 1.29 is 16.4 Å². The van der Waals surface area contributed by atoms with E-state index in [1.165, 1.54) is 4.90 Å². The molecule has 4 heteroatoms. The molecule has 10 rings (SSSR count). The van der Waals surface area contributed by atoms with Crippen LogP contribution in [0.3, 0.4) is 0 Å². The first kappa shape index (κ1) is 31.4. The van der Waals surface area contributed by atoms with Crippen LogP contribution in [0.25, 0.3) is 10.8 Å². The number of fused-ring (bicyclic) bond motifs is 5. The second-order valence-corrected chi connectivity index (χ2v) is 21.9. The second-order valence-electron chi connectivity index (χ2n) is 21.9. The van der Waals surface area contributed by atoms with Gasteiger partial charge in [0.2, 0.25) is 0 Å². The minimum atomic E-state index is -0.671. The van der Waals surface area contributed by atoms with E-state index in [0.29, 0.717) is 11.4 Å². The number of anilines is 9. The number of nitrogens with zero attached hydrogens (tertiary/aromatic N) is 3. The molecule has 8 aromatic carbocycles. The summed E-state index contributed by atoms with van der Waals surface area (Å²) in [6.45, 7) is 25.8. The molecule has 3 nitrogen and oxygen atoms in total. The Labute approximate surface area is 411 Å². The summed E-state index contributed by atoms with van der Waals surface area (Å²) < 4.78 is 110. The zero-order valence-corrected chi connectivity index (χ0v) is 40.2. The molecule has 0 spiro atoms. The van der Waals surface area contributed by atoms with E-state index in [1.807, 2.05) is 12.1 Å². The molecular formula is C62H64BN3. The van der Waals surface area contributed by atoms with Gasteiger partial charge in [0.05, 0.1) is 22.1 Å². The summed E-state index contributed by atoms with van der Waals surface area (Å²) in [6, 6.07) is 26.3. The van der Waals surface area contributed by atoms with Crippen LogP contribution in [-0.4, -0.2) is 6.71 Å². The van der Waals surface area contributed by atoms with E-state index >= 15 is 0 Å². The van der Waals surface area contributed by atoms with Gasteiger partial charge in [-0.15, -0.1) is 0 Å². The van der Waals surface area contributed by atoms with Gasteiger partial charge < -0.3 is 14.7 Å². The summed E-state index contributed by atoms with van der Waals surface area (Å²) >= 11 is 0. The van der Waals surface area contributed by atoms with E-state index < -0.39 is 90.6 Å². The van der Waals surface area contributed by atoms with Gasteiger partial charge in [-0.2, -0.15) is 0 Å². The first-order valence-electron chi connectivity index (χ1n) is 28.9. The molecular weight excluding hydrogens is 798 g/mol. The fraction of sp³-hybridized carbons (Fsp3) is 0.258. The van der Waals surface area contributed by atoms with Gasteiger partial charge in [-0.25, -0.2) is 0 Å². The molecule has 8 aromatic rings. The maximum Gasteiger partial charge on any atom is 0.252 e. The molecule has 0 saturated heterocycles. The molecule has 330 valence electrons. The van der Waals surface area contributed by atoms with Crippen LogP contribution in [0.4, 0.5) is 51.2 Å². The average molecular weight is 874 g/mol. The lowest BCUT2D eigenvalue weighted by Gasteiger charge is -2.45. The number of rotatable bonds is 5. The summed E-state index contributed by atoms with van der Waals surface area (Å²) in [4.78, 5) is 5.67. The fourth-order valence-electron chi connectivity index (χ4n) is 9.44. The van der Waals surface area contributed by atoms with E-state index in [2.05, 4.69) is 178 Å². The highest BCUT2D eigenvalue weighted by atomic mass is 15.2. The smallest absolute Gasteiger partial charge is 0.252 e. The van der Waals surface area contributed by atoms with E-state index in [-0.39, 0.29) is 38.1 Å². The van der Waals surface area contributed by atoms with Crippen LogP contribution in [-0.2, 0) is 21.7 Å². The Morgan fingerprint density at radius 1 is 0.394 bits per heavy atom. The molecule has 0 aromatic heterocycles. The van der Waals surface area contributed by atoms with Gasteiger partial charge in [-0.1, -0.05) is 180 Å². The van der Waals surface area contributed by atoms with Crippen molar-refractivity contribution in [3.05, 3.63) is 192 Å². The van der Waals surface area contributed by atoms with Crippen molar-refractivity contribution in [2.75, 3.05) is 14.7 Å². The summed E-state index contributed by atoms with van der Waals surface area (Å²) in [5.74, 6) is 0. The third-order valence-corrected chi connectivity index (χ3v) is 13.2. The standard InChI is InChI=1S/C62H64BN3/c1-59(2,3)43-23-30-48(31-24-43)65-54-34-27-45(61(7,8)9)37-52(54)63-53-38-46(62(10,11)12)28-35-55(53)66(49-32-25-44(26-33-49)60(4,5)6)57-40-51(39-56(65)58(57)63)64(47-20-14-13-15-21-47)50-29-22-41-18-16-17-19-42(41)36-50/h13-40H,1-12H3/i13D,14D,15D,16D,17D,18D,19D,20D,21D,22D,29D,36D. The zero-order chi connectivity index (χ0) is 56.9. The van der Waals surface area contributed by atoms with Gasteiger partial charge in [0.1, 0.15) is 0 Å². The Hall–Kier alpha value is -6.52. The predicted molar refractivity (Wildman–Crippen MR) is 287 cm³/mol. The summed E-state index contributed by atoms with van der Waals surface area (Å²) in [6.07, 6.45) is 0. The van der Waals surface area contributed by atoms with Crippen LogP contribution < -0.4 is 31.1 Å². The maximum atomic E-state index is 9.99. The molecule has 0 N–H and O–H groups in total. The Kier molecular flexibility index (Phi) is 7.40. The van der Waals surface area contributed by atoms with E-state index in [1.54, 1.807) is 0 Å². The van der Waals surface area contributed by atoms with Crippen LogP contribution in [0.1, 0.15) is 122 Å². The Morgan fingerprint density at radius 2 is 0.818 bits per heavy atom. The lowest BCUT2D eigenvalue weighted by molar-refractivity contribution is 0.590. The van der Waals surface area contributed by atoms with Crippen LogP contribution >= 0.6 is 0 Å². The third kappa shape index (κ3) is 7.59. The van der Waals surface area contributed by atoms with Crippen molar-refractivity contribution in [3.63, 3.8) is 0 Å². The Balaban J connectivity index is 1.43. The number of hydrogen-bond acceptors (Lipinski definition) is 3. The van der Waals surface area contributed by atoms with Gasteiger partial charge in [0.15, 0.2) is 0 Å². The van der Waals surface area contributed by atoms with Crippen molar-refractivity contribution >= 4 is 85.1 Å². The van der Waals surface area contributed by atoms with Gasteiger partial charge in [0, 0.05) is 45.5 Å². The number of hydrogen-bond donors (Lipinski definition) is 0. The second kappa shape index (κ2) is 15.5. The molecule has 0 aliphatic carbocycles. The molecule has 2 aliphatic rings. The monoisotopic (exact) mass is 874 g/mol. The fourth-order valence-corrected chi connectivity index (χ4v) is 9.44. The van der Waals surface area contributed by atoms with Crippen LogP contribution in [0, 0.1) is 0 Å². The highest BCUT2D eigenvalue weighted by Gasteiger charge is 2.45. The molecule has 2 aliphatic heterocycles. The van der Waals surface area contributed by atoms with Crippen LogP contribution in [0.2, 0.25) is 0 Å². The molecule has 2 heterocycles. The SMILES string of the molecule is [2H]c1c([2H])c([2H])c(N(c2cc3c4c(c2)N(c2ccc(C(C)(C)C)cc2)c2ccc(C(C)(C)C)cc2B4c2cc(C(C)(C)C)ccc2N3c2ccc(C(C)(C)C)cc2)c2c([2H])c([2H])c3c([2H])c([2H])c([2H])c([2H])c3c2[2H])c([2H])c1[2H]. The lowest BCUT2D eigenvalue weighted by Crippen LogP contribution is -2.61. The average Bonchev–Trinajstić information content (AvgIpc) is 3.58. The highest BCUT2D eigenvalue weighted by molar-refractivity contribution is 7.00. The first-order chi connectivity index (χ1) is 36.2. The van der Waals surface area contributed by atoms with E-state index in [0.717, 1.165) is 61.4 Å². The molecule has 66 heavy (non-hydrogen) atoms. The van der Waals surface area contributed by atoms with Gasteiger partial charge >= 0.3 is 0 Å². The Bertz CT molecular complexity index is 3650. The van der Waals surface area contributed by atoms with Gasteiger partial charge in [-0.3, -0.25) is 0 Å². The van der Waals surface area contributed by atoms with Crippen molar-refractivity contribution in [2.24, 2.45) is 0 Å². The summed E-state index contributed by atoms with van der Waals surface area (Å²) in [5.41, 5.74) is 10.8. The van der Waals surface area contributed by atoms with Crippen molar-refractivity contribution in [2.45, 2.75) is 105 Å². The molecule has 0 atom stereocenters. The largest absolute Gasteiger partial charge is 0.311 e.